The molecule has 3 nitrogen and oxygen atoms in total. The van der Waals surface area contributed by atoms with Crippen LogP contribution in [0.4, 0.5) is 0 Å². The molecule has 1 aromatic rings. The van der Waals surface area contributed by atoms with E-state index in [4.69, 9.17) is 9.47 Å². The molecule has 0 unspecified atom stereocenters. The molecule has 1 spiro atoms. The average Bonchev–Trinajstić information content (AvgIpc) is 2.80. The molecule has 1 fully saturated rings. The summed E-state index contributed by atoms with van der Waals surface area (Å²) in [7, 11) is 0. The Morgan fingerprint density at radius 3 is 2.76 bits per heavy atom. The van der Waals surface area contributed by atoms with Crippen LogP contribution in [0.5, 0.6) is 0 Å². The Bertz CT molecular complexity index is 447. The lowest BCUT2D eigenvalue weighted by Crippen LogP contribution is -2.31. The van der Waals surface area contributed by atoms with Crippen LogP contribution in [0.25, 0.3) is 5.57 Å². The number of rotatable bonds is 1. The Balaban J connectivity index is 1.83. The van der Waals surface area contributed by atoms with Crippen LogP contribution in [0.3, 0.4) is 0 Å². The number of hydrogen-bond donors (Lipinski definition) is 0. The van der Waals surface area contributed by atoms with Gasteiger partial charge in [-0.1, -0.05) is 12.1 Å². The molecule has 2 heterocycles. The fourth-order valence-electron chi connectivity index (χ4n) is 2.60. The second-order valence-corrected chi connectivity index (χ2v) is 4.71. The summed E-state index contributed by atoms with van der Waals surface area (Å²) in [5.41, 5.74) is 3.69. The fourth-order valence-corrected chi connectivity index (χ4v) is 2.60. The van der Waals surface area contributed by atoms with E-state index < -0.39 is 0 Å². The fraction of sp³-hybridized carbons (Fsp3) is 0.500. The molecule has 1 saturated heterocycles. The van der Waals surface area contributed by atoms with Crippen LogP contribution in [0.15, 0.2) is 24.4 Å². The Kier molecular flexibility index (Phi) is 2.73. The summed E-state index contributed by atoms with van der Waals surface area (Å²) in [6, 6.07) is 4.09. The topological polar surface area (TPSA) is 31.4 Å². The zero-order valence-corrected chi connectivity index (χ0v) is 10.1. The average molecular weight is 231 g/mol. The van der Waals surface area contributed by atoms with Crippen molar-refractivity contribution in [3.05, 3.63) is 35.7 Å². The minimum Gasteiger partial charge on any atom is -0.347 e. The quantitative estimate of drug-likeness (QED) is 0.744. The summed E-state index contributed by atoms with van der Waals surface area (Å²) in [6.07, 6.45) is 6.85. The highest BCUT2D eigenvalue weighted by Crippen LogP contribution is 2.38. The summed E-state index contributed by atoms with van der Waals surface area (Å²) in [4.78, 5) is 4.47. The van der Waals surface area contributed by atoms with Gasteiger partial charge in [-0.05, 0) is 30.5 Å². The highest BCUT2D eigenvalue weighted by molar-refractivity contribution is 5.65. The van der Waals surface area contributed by atoms with Crippen molar-refractivity contribution in [2.75, 3.05) is 13.2 Å². The molecule has 0 atom stereocenters. The molecule has 2 aliphatic rings. The third kappa shape index (κ3) is 2.01. The smallest absolute Gasteiger partial charge is 0.172 e. The van der Waals surface area contributed by atoms with E-state index in [1.165, 1.54) is 11.1 Å². The van der Waals surface area contributed by atoms with E-state index in [2.05, 4.69) is 24.1 Å². The van der Waals surface area contributed by atoms with Crippen molar-refractivity contribution in [1.82, 2.24) is 4.98 Å². The molecule has 3 heteroatoms. The summed E-state index contributed by atoms with van der Waals surface area (Å²) in [5, 5.41) is 0. The predicted octanol–water partition coefficient (Wildman–Crippen LogP) is 2.70. The first-order chi connectivity index (χ1) is 8.29. The van der Waals surface area contributed by atoms with Gasteiger partial charge in [0.1, 0.15) is 0 Å². The van der Waals surface area contributed by atoms with E-state index in [1.807, 2.05) is 12.3 Å². The summed E-state index contributed by atoms with van der Waals surface area (Å²) in [6.45, 7) is 3.56. The van der Waals surface area contributed by atoms with Gasteiger partial charge in [0, 0.05) is 19.0 Å². The molecule has 0 amide bonds. The second kappa shape index (κ2) is 4.24. The molecule has 1 aliphatic heterocycles. The molecule has 1 aromatic heterocycles. The zero-order chi connectivity index (χ0) is 11.7. The van der Waals surface area contributed by atoms with E-state index in [1.54, 1.807) is 0 Å². The van der Waals surface area contributed by atoms with E-state index in [-0.39, 0.29) is 5.79 Å². The maximum absolute atomic E-state index is 5.71. The van der Waals surface area contributed by atoms with E-state index in [0.717, 1.165) is 38.2 Å². The number of aromatic nitrogens is 1. The predicted molar refractivity (Wildman–Crippen MR) is 65.4 cm³/mol. The molecular weight excluding hydrogens is 214 g/mol. The molecule has 1 aliphatic carbocycles. The van der Waals surface area contributed by atoms with Crippen LogP contribution >= 0.6 is 0 Å². The molecular formula is C14H17NO2. The number of aryl methyl sites for hydroxylation is 1. The van der Waals surface area contributed by atoms with Crippen molar-refractivity contribution in [3.63, 3.8) is 0 Å². The number of allylic oxidation sites excluding steroid dienone is 1. The lowest BCUT2D eigenvalue weighted by atomic mass is 9.91. The Morgan fingerprint density at radius 2 is 2.12 bits per heavy atom. The third-order valence-corrected chi connectivity index (χ3v) is 3.56. The first kappa shape index (κ1) is 10.9. The van der Waals surface area contributed by atoms with Gasteiger partial charge in [0.2, 0.25) is 0 Å². The van der Waals surface area contributed by atoms with Gasteiger partial charge < -0.3 is 9.47 Å². The Labute approximate surface area is 101 Å². The molecule has 0 bridgehead atoms. The van der Waals surface area contributed by atoms with Gasteiger partial charge in [-0.2, -0.15) is 0 Å². The van der Waals surface area contributed by atoms with Gasteiger partial charge in [0.15, 0.2) is 5.79 Å². The van der Waals surface area contributed by atoms with Crippen molar-refractivity contribution in [2.24, 2.45) is 0 Å². The summed E-state index contributed by atoms with van der Waals surface area (Å²) in [5.74, 6) is -0.327. The van der Waals surface area contributed by atoms with Crippen molar-refractivity contribution in [2.45, 2.75) is 32.0 Å². The van der Waals surface area contributed by atoms with Gasteiger partial charge in [-0.3, -0.25) is 4.98 Å². The maximum atomic E-state index is 5.71. The SMILES string of the molecule is Cc1cccnc1C1=CCC2(CC1)OCCO2. The standard InChI is InChI=1S/C14H17NO2/c1-11-3-2-8-15-13(11)12-4-6-14(7-5-12)16-9-10-17-14/h2-4,8H,5-7,9-10H2,1H3. The molecule has 0 aromatic carbocycles. The van der Waals surface area contributed by atoms with Crippen molar-refractivity contribution >= 4 is 5.57 Å². The first-order valence-corrected chi connectivity index (χ1v) is 6.18. The first-order valence-electron chi connectivity index (χ1n) is 6.18. The van der Waals surface area contributed by atoms with E-state index in [9.17, 15) is 0 Å². The number of ether oxygens (including phenoxy) is 2. The van der Waals surface area contributed by atoms with Crippen LogP contribution in [0, 0.1) is 6.92 Å². The largest absolute Gasteiger partial charge is 0.347 e. The number of hydrogen-bond acceptors (Lipinski definition) is 3. The molecule has 0 saturated carbocycles. The number of nitrogens with zero attached hydrogens (tertiary/aromatic N) is 1. The van der Waals surface area contributed by atoms with Gasteiger partial charge >= 0.3 is 0 Å². The monoisotopic (exact) mass is 231 g/mol. The van der Waals surface area contributed by atoms with Gasteiger partial charge in [0.25, 0.3) is 0 Å². The second-order valence-electron chi connectivity index (χ2n) is 4.71. The molecule has 3 rings (SSSR count). The third-order valence-electron chi connectivity index (χ3n) is 3.56. The lowest BCUT2D eigenvalue weighted by molar-refractivity contribution is -0.159. The maximum Gasteiger partial charge on any atom is 0.172 e. The molecule has 17 heavy (non-hydrogen) atoms. The lowest BCUT2D eigenvalue weighted by Gasteiger charge is -2.30. The highest BCUT2D eigenvalue weighted by Gasteiger charge is 2.37. The van der Waals surface area contributed by atoms with Crippen molar-refractivity contribution in [1.29, 1.82) is 0 Å². The van der Waals surface area contributed by atoms with Crippen LogP contribution in [0.1, 0.15) is 30.5 Å². The highest BCUT2D eigenvalue weighted by atomic mass is 16.7. The molecule has 0 N–H and O–H groups in total. The van der Waals surface area contributed by atoms with Crippen molar-refractivity contribution < 1.29 is 9.47 Å². The summed E-state index contributed by atoms with van der Waals surface area (Å²) < 4.78 is 11.4. The van der Waals surface area contributed by atoms with Crippen molar-refractivity contribution in [3.8, 4) is 0 Å². The van der Waals surface area contributed by atoms with Crippen LogP contribution < -0.4 is 0 Å². The molecule has 90 valence electrons. The minimum absolute atomic E-state index is 0.327. The Hall–Kier alpha value is -1.19. The molecule has 0 radical (unpaired) electrons. The van der Waals surface area contributed by atoms with E-state index in [0.29, 0.717) is 0 Å². The van der Waals surface area contributed by atoms with E-state index >= 15 is 0 Å². The van der Waals surface area contributed by atoms with Gasteiger partial charge in [-0.25, -0.2) is 0 Å². The number of pyridine rings is 1. The van der Waals surface area contributed by atoms with Gasteiger partial charge in [0.05, 0.1) is 18.9 Å². The minimum atomic E-state index is -0.327. The Morgan fingerprint density at radius 1 is 1.29 bits per heavy atom. The van der Waals surface area contributed by atoms with Crippen LogP contribution in [-0.2, 0) is 9.47 Å². The van der Waals surface area contributed by atoms with Gasteiger partial charge in [-0.15, -0.1) is 0 Å². The summed E-state index contributed by atoms with van der Waals surface area (Å²) >= 11 is 0. The normalized spacial score (nSPS) is 22.8. The zero-order valence-electron chi connectivity index (χ0n) is 10.1. The van der Waals surface area contributed by atoms with Crippen LogP contribution in [0.2, 0.25) is 0 Å². The van der Waals surface area contributed by atoms with Crippen LogP contribution in [-0.4, -0.2) is 24.0 Å².